The Morgan fingerprint density at radius 2 is 1.36 bits per heavy atom. The molecule has 4 heteroatoms. The van der Waals surface area contributed by atoms with Crippen molar-refractivity contribution in [3.63, 3.8) is 0 Å². The van der Waals surface area contributed by atoms with Crippen LogP contribution in [0.2, 0.25) is 0 Å². The van der Waals surface area contributed by atoms with Gasteiger partial charge in [0, 0.05) is 5.52 Å². The van der Waals surface area contributed by atoms with Crippen molar-refractivity contribution in [2.75, 3.05) is 0 Å². The topological polar surface area (TPSA) is 13.7 Å². The number of aromatic nitrogens is 3. The predicted octanol–water partition coefficient (Wildman–Crippen LogP) is 8.84. The zero-order chi connectivity index (χ0) is 29.8. The van der Waals surface area contributed by atoms with Crippen LogP contribution in [-0.4, -0.2) is 9.13 Å². The van der Waals surface area contributed by atoms with E-state index in [2.05, 4.69) is 150 Å². The summed E-state index contributed by atoms with van der Waals surface area (Å²) in [5.41, 5.74) is 11.9. The van der Waals surface area contributed by atoms with E-state index in [0.29, 0.717) is 0 Å². The van der Waals surface area contributed by atoms with Gasteiger partial charge in [-0.1, -0.05) is 85.2 Å². The molecule has 0 fully saturated rings. The van der Waals surface area contributed by atoms with Gasteiger partial charge >= 0.3 is 21.1 Å². The van der Waals surface area contributed by atoms with Gasteiger partial charge in [0.05, 0.1) is 16.7 Å². The first-order valence-corrected chi connectivity index (χ1v) is 15.0. The van der Waals surface area contributed by atoms with Crippen LogP contribution in [0.3, 0.4) is 0 Å². The van der Waals surface area contributed by atoms with Crippen LogP contribution < -0.4 is 4.57 Å². The van der Waals surface area contributed by atoms with E-state index in [4.69, 9.17) is 0 Å². The first-order chi connectivity index (χ1) is 21.5. The number of rotatable bonds is 2. The fourth-order valence-corrected chi connectivity index (χ4v) is 6.58. The van der Waals surface area contributed by atoms with Crippen LogP contribution in [0, 0.1) is 31.5 Å². The average Bonchev–Trinajstić information content (AvgIpc) is 3.62. The third kappa shape index (κ3) is 4.66. The molecule has 1 aliphatic heterocycles. The molecule has 3 heterocycles. The molecular formula is C41H30N3Pt+. The molecule has 0 spiro atoms. The van der Waals surface area contributed by atoms with Crippen molar-refractivity contribution in [1.29, 1.82) is 0 Å². The molecule has 2 aromatic heterocycles. The van der Waals surface area contributed by atoms with Gasteiger partial charge in [0.25, 0.3) is 6.33 Å². The van der Waals surface area contributed by atoms with E-state index in [9.17, 15) is 0 Å². The minimum absolute atomic E-state index is 0. The SMILES string of the molecule is CC1(C)c2ccc[c-]c2-n2c3[c-]cccc3c3cccc1c32.Cc1ccc(-[n+]2[c-]n(-c3[c-]cccc3)c3ccccc32)cc1.[Pt+4]. The van der Waals surface area contributed by atoms with E-state index in [1.165, 1.54) is 33.0 Å². The van der Waals surface area contributed by atoms with Crippen molar-refractivity contribution in [2.24, 2.45) is 0 Å². The second-order valence-electron chi connectivity index (χ2n) is 11.9. The van der Waals surface area contributed by atoms with Crippen molar-refractivity contribution in [3.8, 4) is 17.1 Å². The monoisotopic (exact) mass is 759 g/mol. The summed E-state index contributed by atoms with van der Waals surface area (Å²) in [6.45, 7) is 6.71. The van der Waals surface area contributed by atoms with Gasteiger partial charge in [-0.15, -0.1) is 10.9 Å². The van der Waals surface area contributed by atoms with Crippen LogP contribution >= 0.6 is 0 Å². The Morgan fingerprint density at radius 1 is 0.644 bits per heavy atom. The summed E-state index contributed by atoms with van der Waals surface area (Å²) in [7, 11) is 0. The van der Waals surface area contributed by atoms with Gasteiger partial charge < -0.3 is 9.13 Å². The first kappa shape index (κ1) is 29.0. The Labute approximate surface area is 278 Å². The number of hydrogen-bond donors (Lipinski definition) is 0. The quantitative estimate of drug-likeness (QED) is 0.124. The largest absolute Gasteiger partial charge is 4.00 e. The molecule has 8 aromatic rings. The van der Waals surface area contributed by atoms with Gasteiger partial charge in [0.1, 0.15) is 0 Å². The number of nitrogens with zero attached hydrogens (tertiary/aromatic N) is 3. The van der Waals surface area contributed by atoms with Crippen molar-refractivity contribution in [2.45, 2.75) is 26.2 Å². The van der Waals surface area contributed by atoms with E-state index < -0.39 is 0 Å². The minimum atomic E-state index is -0.0169. The zero-order valence-electron chi connectivity index (χ0n) is 25.3. The predicted molar refractivity (Wildman–Crippen MR) is 178 cm³/mol. The smallest absolute Gasteiger partial charge is 0.358 e. The number of benzene rings is 6. The Hall–Kier alpha value is -4.72. The van der Waals surface area contributed by atoms with Crippen molar-refractivity contribution in [3.05, 3.63) is 169 Å². The summed E-state index contributed by atoms with van der Waals surface area (Å²) in [5, 5.41) is 2.57. The van der Waals surface area contributed by atoms with Gasteiger partial charge in [-0.25, -0.2) is 0 Å². The fourth-order valence-electron chi connectivity index (χ4n) is 6.58. The minimum Gasteiger partial charge on any atom is -0.358 e. The Kier molecular flexibility index (Phi) is 7.30. The number of imidazole rings is 1. The summed E-state index contributed by atoms with van der Waals surface area (Å²) < 4.78 is 6.48. The maximum Gasteiger partial charge on any atom is 4.00 e. The normalized spacial score (nSPS) is 12.8. The van der Waals surface area contributed by atoms with Crippen LogP contribution in [0.4, 0.5) is 0 Å². The number of hydrogen-bond acceptors (Lipinski definition) is 0. The Bertz CT molecular complexity index is 2310. The molecule has 0 saturated heterocycles. The van der Waals surface area contributed by atoms with Crippen LogP contribution in [-0.2, 0) is 26.5 Å². The number of aryl methyl sites for hydroxylation is 1. The van der Waals surface area contributed by atoms with Crippen LogP contribution in [0.1, 0.15) is 30.5 Å². The summed E-state index contributed by atoms with van der Waals surface area (Å²) >= 11 is 0. The Balaban J connectivity index is 0.000000141. The first-order valence-electron chi connectivity index (χ1n) is 15.0. The summed E-state index contributed by atoms with van der Waals surface area (Å²) in [4.78, 5) is 0. The molecule has 3 nitrogen and oxygen atoms in total. The van der Waals surface area contributed by atoms with E-state index >= 15 is 0 Å². The maximum atomic E-state index is 3.47. The zero-order valence-corrected chi connectivity index (χ0v) is 27.6. The van der Waals surface area contributed by atoms with E-state index in [1.54, 1.807) is 0 Å². The van der Waals surface area contributed by atoms with Crippen LogP contribution in [0.5, 0.6) is 0 Å². The summed E-state index contributed by atoms with van der Waals surface area (Å²) in [5.74, 6) is 0. The summed E-state index contributed by atoms with van der Waals surface area (Å²) in [6.07, 6.45) is 3.44. The third-order valence-corrected chi connectivity index (χ3v) is 8.80. The standard InChI is InChI=1S/C21H15N.C20H15N2.Pt/c1-21(2)16-10-4-6-13-19(16)22-18-12-5-3-8-14(18)15-9-7-11-17(21)20(15)22;1-16-11-13-18(14-12-16)22-15-21(17-7-3-2-4-8-17)19-9-5-6-10-20(19)22;/h3-11H,1-2H3;2-7,9-14H,1H3;/q-2;-1;+4. The van der Waals surface area contributed by atoms with E-state index in [0.717, 1.165) is 33.6 Å². The van der Waals surface area contributed by atoms with Gasteiger partial charge in [-0.3, -0.25) is 4.57 Å². The third-order valence-electron chi connectivity index (χ3n) is 8.80. The maximum absolute atomic E-state index is 3.47. The molecule has 45 heavy (non-hydrogen) atoms. The van der Waals surface area contributed by atoms with Gasteiger partial charge in [-0.05, 0) is 41.1 Å². The molecule has 0 aliphatic carbocycles. The molecule has 0 atom stereocenters. The van der Waals surface area contributed by atoms with Crippen LogP contribution in [0.25, 0.3) is 49.9 Å². The molecule has 0 bridgehead atoms. The van der Waals surface area contributed by atoms with Gasteiger partial charge in [-0.2, -0.15) is 78.9 Å². The Morgan fingerprint density at radius 3 is 2.18 bits per heavy atom. The number of fused-ring (bicyclic) bond motifs is 6. The molecule has 0 N–H and O–H groups in total. The second-order valence-corrected chi connectivity index (χ2v) is 11.9. The van der Waals surface area contributed by atoms with E-state index in [-0.39, 0.29) is 26.5 Å². The van der Waals surface area contributed by atoms with Gasteiger partial charge in [0.15, 0.2) is 0 Å². The van der Waals surface area contributed by atoms with Crippen LogP contribution in [0.15, 0.2) is 127 Å². The molecular weight excluding hydrogens is 730 g/mol. The van der Waals surface area contributed by atoms with Gasteiger partial charge in [0.2, 0.25) is 0 Å². The van der Waals surface area contributed by atoms with E-state index in [1.807, 2.05) is 36.4 Å². The molecule has 218 valence electrons. The molecule has 0 radical (unpaired) electrons. The van der Waals surface area contributed by atoms with Crippen molar-refractivity contribution < 1.29 is 25.6 Å². The molecule has 0 unspecified atom stereocenters. The van der Waals surface area contributed by atoms with Crippen molar-refractivity contribution in [1.82, 2.24) is 9.13 Å². The second kappa shape index (κ2) is 11.3. The summed E-state index contributed by atoms with van der Waals surface area (Å²) in [6, 6.07) is 54.2. The fraction of sp³-hybridized carbons (Fsp3) is 0.0976. The molecule has 0 amide bonds. The molecule has 0 saturated carbocycles. The molecule has 6 aromatic carbocycles. The number of para-hydroxylation sites is 6. The molecule has 1 aliphatic rings. The average molecular weight is 760 g/mol. The molecule has 9 rings (SSSR count). The van der Waals surface area contributed by atoms with Crippen molar-refractivity contribution >= 4 is 32.8 Å².